The molecule has 0 spiro atoms. The Bertz CT molecular complexity index is 1540. The molecule has 5 rings (SSSR count). The molecule has 0 saturated heterocycles. The number of carbonyl (C=O) groups excluding carboxylic acids is 2. The van der Waals surface area contributed by atoms with Crippen LogP contribution < -0.4 is 22.1 Å². The highest BCUT2D eigenvalue weighted by atomic mass is 16.2. The van der Waals surface area contributed by atoms with Crippen LogP contribution in [0.1, 0.15) is 32.2 Å². The number of aromatic nitrogens is 3. The summed E-state index contributed by atoms with van der Waals surface area (Å²) in [6.45, 7) is 3.75. The molecule has 6 N–H and O–H groups in total. The van der Waals surface area contributed by atoms with Crippen molar-refractivity contribution in [2.45, 2.75) is 13.8 Å². The van der Waals surface area contributed by atoms with Gasteiger partial charge in [-0.3, -0.25) is 24.5 Å². The second-order valence-corrected chi connectivity index (χ2v) is 8.51. The maximum absolute atomic E-state index is 12.7. The molecule has 3 heterocycles. The molecule has 0 fully saturated rings. The van der Waals surface area contributed by atoms with E-state index < -0.39 is 5.91 Å². The largest absolute Gasteiger partial charge is 0.398 e. The zero-order chi connectivity index (χ0) is 25.4. The average Bonchev–Trinajstić information content (AvgIpc) is 2.84. The van der Waals surface area contributed by atoms with Crippen molar-refractivity contribution in [2.24, 2.45) is 0 Å². The van der Waals surface area contributed by atoms with Gasteiger partial charge in [0.1, 0.15) is 5.69 Å². The topological polar surface area (TPSA) is 149 Å². The molecule has 3 aromatic heterocycles. The number of nitrogens with one attached hydrogen (secondary N) is 2. The van der Waals surface area contributed by atoms with Crippen LogP contribution in [0.5, 0.6) is 0 Å². The van der Waals surface area contributed by atoms with E-state index in [1.54, 1.807) is 54.6 Å². The fourth-order valence-corrected chi connectivity index (χ4v) is 4.00. The van der Waals surface area contributed by atoms with E-state index in [1.807, 2.05) is 13.8 Å². The van der Waals surface area contributed by atoms with Crippen LogP contribution >= 0.6 is 0 Å². The Morgan fingerprint density at radius 2 is 1.22 bits per heavy atom. The number of nitrogen functional groups attached to an aromatic ring is 2. The van der Waals surface area contributed by atoms with Crippen LogP contribution in [0, 0.1) is 13.8 Å². The first-order valence-corrected chi connectivity index (χ1v) is 11.2. The first-order valence-electron chi connectivity index (χ1n) is 11.2. The summed E-state index contributed by atoms with van der Waals surface area (Å²) in [5.41, 5.74) is 18.1. The minimum absolute atomic E-state index is 0.168. The summed E-state index contributed by atoms with van der Waals surface area (Å²) in [5.74, 6) is -0.770. The van der Waals surface area contributed by atoms with E-state index in [0.717, 1.165) is 33.2 Å². The number of carbonyl (C=O) groups is 2. The fourth-order valence-electron chi connectivity index (χ4n) is 4.00. The van der Waals surface area contributed by atoms with Gasteiger partial charge in [-0.1, -0.05) is 0 Å². The summed E-state index contributed by atoms with van der Waals surface area (Å²) in [7, 11) is 0. The third-order valence-corrected chi connectivity index (χ3v) is 5.71. The van der Waals surface area contributed by atoms with Gasteiger partial charge in [-0.15, -0.1) is 0 Å². The maximum atomic E-state index is 12.7. The molecule has 178 valence electrons. The molecule has 9 nitrogen and oxygen atoms in total. The lowest BCUT2D eigenvalue weighted by atomic mass is 10.1. The van der Waals surface area contributed by atoms with Crippen molar-refractivity contribution in [3.05, 3.63) is 89.5 Å². The van der Waals surface area contributed by atoms with Gasteiger partial charge in [0, 0.05) is 51.1 Å². The fraction of sp³-hybridized carbons (Fsp3) is 0.0741. The first kappa shape index (κ1) is 22.7. The first-order chi connectivity index (χ1) is 17.3. The Morgan fingerprint density at radius 1 is 0.694 bits per heavy atom. The van der Waals surface area contributed by atoms with Gasteiger partial charge in [-0.25, -0.2) is 0 Å². The van der Waals surface area contributed by atoms with E-state index in [2.05, 4.69) is 25.6 Å². The van der Waals surface area contributed by atoms with E-state index in [4.69, 9.17) is 11.5 Å². The number of benzene rings is 2. The third-order valence-electron chi connectivity index (χ3n) is 5.71. The highest BCUT2D eigenvalue weighted by Crippen LogP contribution is 2.25. The molecule has 0 unspecified atom stereocenters. The van der Waals surface area contributed by atoms with Gasteiger partial charge in [0.25, 0.3) is 11.8 Å². The van der Waals surface area contributed by atoms with E-state index in [0.29, 0.717) is 28.3 Å². The SMILES string of the molecule is Cc1cc(N)c2cc(NC(=O)c3ccc(C(=O)Nc4ccc5nc(C)cc(N)c5c4)nc3)ccc2n1. The molecular weight excluding hydrogens is 454 g/mol. The second kappa shape index (κ2) is 8.95. The van der Waals surface area contributed by atoms with Gasteiger partial charge >= 0.3 is 0 Å². The van der Waals surface area contributed by atoms with Crippen LogP contribution in [0.2, 0.25) is 0 Å². The summed E-state index contributed by atoms with van der Waals surface area (Å²) in [5, 5.41) is 7.13. The lowest BCUT2D eigenvalue weighted by Crippen LogP contribution is -2.16. The summed E-state index contributed by atoms with van der Waals surface area (Å²) in [6, 6.07) is 17.3. The molecular formula is C27H23N7O2. The number of aryl methyl sites for hydroxylation is 2. The Balaban J connectivity index is 1.29. The van der Waals surface area contributed by atoms with Crippen LogP contribution in [0.25, 0.3) is 21.8 Å². The van der Waals surface area contributed by atoms with Gasteiger partial charge < -0.3 is 22.1 Å². The predicted octanol–water partition coefficient (Wildman–Crippen LogP) is 4.46. The summed E-state index contributed by atoms with van der Waals surface area (Å²) in [6.07, 6.45) is 1.36. The summed E-state index contributed by atoms with van der Waals surface area (Å²) < 4.78 is 0. The van der Waals surface area contributed by atoms with Gasteiger partial charge in [-0.2, -0.15) is 0 Å². The maximum Gasteiger partial charge on any atom is 0.274 e. The number of fused-ring (bicyclic) bond motifs is 2. The molecule has 0 atom stereocenters. The number of nitrogens with zero attached hydrogens (tertiary/aromatic N) is 3. The zero-order valence-electron chi connectivity index (χ0n) is 19.7. The Labute approximate surface area is 206 Å². The predicted molar refractivity (Wildman–Crippen MR) is 142 cm³/mol. The average molecular weight is 478 g/mol. The number of nitrogens with two attached hydrogens (primary N) is 2. The number of amides is 2. The van der Waals surface area contributed by atoms with Crippen molar-refractivity contribution < 1.29 is 9.59 Å². The number of hydrogen-bond donors (Lipinski definition) is 4. The zero-order valence-corrected chi connectivity index (χ0v) is 19.7. The molecule has 0 bridgehead atoms. The molecule has 0 aliphatic carbocycles. The minimum Gasteiger partial charge on any atom is -0.398 e. The summed E-state index contributed by atoms with van der Waals surface area (Å²) in [4.78, 5) is 38.5. The quantitative estimate of drug-likeness (QED) is 0.298. The van der Waals surface area contributed by atoms with E-state index in [-0.39, 0.29) is 11.6 Å². The Kier molecular flexibility index (Phi) is 5.65. The lowest BCUT2D eigenvalue weighted by molar-refractivity contribution is 0.101. The molecule has 0 radical (unpaired) electrons. The highest BCUT2D eigenvalue weighted by Gasteiger charge is 2.13. The summed E-state index contributed by atoms with van der Waals surface area (Å²) >= 11 is 0. The van der Waals surface area contributed by atoms with Crippen LogP contribution in [0.3, 0.4) is 0 Å². The number of hydrogen-bond acceptors (Lipinski definition) is 7. The molecule has 9 heteroatoms. The van der Waals surface area contributed by atoms with E-state index in [9.17, 15) is 9.59 Å². The van der Waals surface area contributed by atoms with Crippen molar-refractivity contribution in [2.75, 3.05) is 22.1 Å². The molecule has 0 saturated carbocycles. The van der Waals surface area contributed by atoms with Gasteiger partial charge in [0.05, 0.1) is 16.6 Å². The Morgan fingerprint density at radius 3 is 1.72 bits per heavy atom. The molecule has 0 aliphatic heterocycles. The molecule has 36 heavy (non-hydrogen) atoms. The molecule has 2 amide bonds. The molecule has 2 aromatic carbocycles. The standard InChI is InChI=1S/C27H23N7O2/c1-14-9-21(28)19-11-17(4-7-23(19)31-14)33-26(35)16-3-6-25(30-13-16)27(36)34-18-5-8-24-20(12-18)22(29)10-15(2)32-24/h3-13H,1-2H3,(H2,28,31)(H2,29,32)(H,33,35)(H,34,36). The minimum atomic E-state index is -0.409. The number of anilines is 4. The highest BCUT2D eigenvalue weighted by molar-refractivity contribution is 6.07. The van der Waals surface area contributed by atoms with Crippen molar-refractivity contribution in [1.29, 1.82) is 0 Å². The number of rotatable bonds is 4. The van der Waals surface area contributed by atoms with Crippen molar-refractivity contribution in [1.82, 2.24) is 15.0 Å². The lowest BCUT2D eigenvalue weighted by Gasteiger charge is -2.10. The Hall–Kier alpha value is -5.05. The van der Waals surface area contributed by atoms with Crippen LogP contribution in [-0.4, -0.2) is 26.8 Å². The van der Waals surface area contributed by atoms with Gasteiger partial charge in [-0.05, 0) is 74.5 Å². The van der Waals surface area contributed by atoms with E-state index in [1.165, 1.54) is 12.3 Å². The van der Waals surface area contributed by atoms with E-state index >= 15 is 0 Å². The molecule has 5 aromatic rings. The van der Waals surface area contributed by atoms with Crippen LogP contribution in [0.4, 0.5) is 22.7 Å². The van der Waals surface area contributed by atoms with Gasteiger partial charge in [0.15, 0.2) is 0 Å². The van der Waals surface area contributed by atoms with Crippen molar-refractivity contribution in [3.8, 4) is 0 Å². The second-order valence-electron chi connectivity index (χ2n) is 8.51. The van der Waals surface area contributed by atoms with Crippen LogP contribution in [0.15, 0.2) is 66.9 Å². The third kappa shape index (κ3) is 4.49. The molecule has 0 aliphatic rings. The normalized spacial score (nSPS) is 10.9. The van der Waals surface area contributed by atoms with Gasteiger partial charge in [0.2, 0.25) is 0 Å². The number of pyridine rings is 3. The smallest absolute Gasteiger partial charge is 0.274 e. The van der Waals surface area contributed by atoms with Crippen molar-refractivity contribution in [3.63, 3.8) is 0 Å². The monoisotopic (exact) mass is 477 g/mol. The van der Waals surface area contributed by atoms with Crippen molar-refractivity contribution >= 4 is 56.4 Å². The van der Waals surface area contributed by atoms with Crippen LogP contribution in [-0.2, 0) is 0 Å².